The van der Waals surface area contributed by atoms with Crippen molar-refractivity contribution in [1.29, 1.82) is 0 Å². The van der Waals surface area contributed by atoms with E-state index in [1.54, 1.807) is 51.6 Å². The summed E-state index contributed by atoms with van der Waals surface area (Å²) in [6.07, 6.45) is 0. The van der Waals surface area contributed by atoms with Crippen LogP contribution in [0.2, 0.25) is 5.02 Å². The smallest absolute Gasteiger partial charge is 0.252 e. The van der Waals surface area contributed by atoms with Crippen LogP contribution >= 0.6 is 11.6 Å². The Hall–Kier alpha value is -2.93. The van der Waals surface area contributed by atoms with Crippen LogP contribution in [0.5, 0.6) is 11.5 Å². The molecule has 0 atom stereocenters. The molecule has 0 aliphatic rings. The SMILES string of the molecule is CN=C(NCCNC(=O)c1ccccc1Cl)Nc1ccc(OC)c(OC)c1. The second-order valence-corrected chi connectivity index (χ2v) is 5.84. The second-order valence-electron chi connectivity index (χ2n) is 5.43. The Morgan fingerprint density at radius 1 is 1.04 bits per heavy atom. The Kier molecular flexibility index (Phi) is 7.76. The number of methoxy groups -OCH3 is 2. The topological polar surface area (TPSA) is 84.0 Å². The van der Waals surface area contributed by atoms with Gasteiger partial charge in [0.1, 0.15) is 0 Å². The van der Waals surface area contributed by atoms with E-state index in [2.05, 4.69) is 20.9 Å². The molecule has 0 aliphatic carbocycles. The molecule has 0 saturated carbocycles. The fourth-order valence-electron chi connectivity index (χ4n) is 2.33. The molecule has 0 heterocycles. The molecule has 1 amide bonds. The van der Waals surface area contributed by atoms with Gasteiger partial charge in [0.2, 0.25) is 0 Å². The van der Waals surface area contributed by atoms with Crippen molar-refractivity contribution >= 4 is 29.2 Å². The van der Waals surface area contributed by atoms with Gasteiger partial charge in [-0.25, -0.2) is 0 Å². The Balaban J connectivity index is 1.84. The number of nitrogens with one attached hydrogen (secondary N) is 3. The molecule has 144 valence electrons. The molecule has 0 saturated heterocycles. The number of anilines is 1. The third-order valence-corrected chi connectivity index (χ3v) is 4.02. The Morgan fingerprint density at radius 2 is 1.74 bits per heavy atom. The van der Waals surface area contributed by atoms with Gasteiger partial charge in [0, 0.05) is 31.9 Å². The highest BCUT2D eigenvalue weighted by Crippen LogP contribution is 2.29. The van der Waals surface area contributed by atoms with Crippen LogP contribution in [-0.4, -0.2) is 46.2 Å². The quantitative estimate of drug-likeness (QED) is 0.384. The number of halogens is 1. The minimum Gasteiger partial charge on any atom is -0.493 e. The highest BCUT2D eigenvalue weighted by atomic mass is 35.5. The number of guanidine groups is 1. The van der Waals surface area contributed by atoms with E-state index in [-0.39, 0.29) is 5.91 Å². The maximum Gasteiger partial charge on any atom is 0.252 e. The van der Waals surface area contributed by atoms with Gasteiger partial charge in [-0.1, -0.05) is 23.7 Å². The summed E-state index contributed by atoms with van der Waals surface area (Å²) in [5.74, 6) is 1.61. The fourth-order valence-corrected chi connectivity index (χ4v) is 2.55. The van der Waals surface area contributed by atoms with Crippen LogP contribution in [0.15, 0.2) is 47.5 Å². The molecule has 2 aromatic rings. The first-order valence-corrected chi connectivity index (χ1v) is 8.69. The van der Waals surface area contributed by atoms with E-state index in [4.69, 9.17) is 21.1 Å². The molecule has 0 aromatic heterocycles. The largest absolute Gasteiger partial charge is 0.493 e. The van der Waals surface area contributed by atoms with Crippen LogP contribution in [0.3, 0.4) is 0 Å². The number of rotatable bonds is 7. The fraction of sp³-hybridized carbons (Fsp3) is 0.263. The molecular formula is C19H23ClN4O3. The molecule has 8 heteroatoms. The average Bonchev–Trinajstić information content (AvgIpc) is 2.70. The van der Waals surface area contributed by atoms with Gasteiger partial charge in [-0.05, 0) is 24.3 Å². The Bertz CT molecular complexity index is 811. The molecule has 0 fully saturated rings. The molecule has 0 unspecified atom stereocenters. The summed E-state index contributed by atoms with van der Waals surface area (Å²) in [4.78, 5) is 16.3. The summed E-state index contributed by atoms with van der Waals surface area (Å²) in [6.45, 7) is 0.903. The van der Waals surface area contributed by atoms with Gasteiger partial charge in [-0.3, -0.25) is 9.79 Å². The molecule has 2 aromatic carbocycles. The number of carbonyl (C=O) groups excluding carboxylic acids is 1. The molecule has 2 rings (SSSR count). The van der Waals surface area contributed by atoms with Crippen molar-refractivity contribution in [2.24, 2.45) is 4.99 Å². The van der Waals surface area contributed by atoms with Gasteiger partial charge in [0.15, 0.2) is 17.5 Å². The summed E-state index contributed by atoms with van der Waals surface area (Å²) in [6, 6.07) is 12.4. The lowest BCUT2D eigenvalue weighted by Crippen LogP contribution is -2.37. The number of aliphatic imine (C=N–C) groups is 1. The van der Waals surface area contributed by atoms with Crippen LogP contribution in [0, 0.1) is 0 Å². The Labute approximate surface area is 163 Å². The molecule has 0 spiro atoms. The molecule has 0 bridgehead atoms. The maximum atomic E-state index is 12.1. The van der Waals surface area contributed by atoms with Crippen LogP contribution < -0.4 is 25.4 Å². The van der Waals surface area contributed by atoms with Crippen molar-refractivity contribution in [3.05, 3.63) is 53.1 Å². The highest BCUT2D eigenvalue weighted by molar-refractivity contribution is 6.33. The van der Waals surface area contributed by atoms with E-state index in [1.807, 2.05) is 12.1 Å². The average molecular weight is 391 g/mol. The van der Waals surface area contributed by atoms with Gasteiger partial charge >= 0.3 is 0 Å². The minimum absolute atomic E-state index is 0.217. The first-order chi connectivity index (χ1) is 13.1. The van der Waals surface area contributed by atoms with Crippen LogP contribution in [0.4, 0.5) is 5.69 Å². The lowest BCUT2D eigenvalue weighted by molar-refractivity contribution is 0.0954. The lowest BCUT2D eigenvalue weighted by atomic mass is 10.2. The molecule has 7 nitrogen and oxygen atoms in total. The maximum absolute atomic E-state index is 12.1. The summed E-state index contributed by atoms with van der Waals surface area (Å²) in [7, 11) is 4.83. The van der Waals surface area contributed by atoms with Crippen molar-refractivity contribution in [3.8, 4) is 11.5 Å². The van der Waals surface area contributed by atoms with E-state index in [9.17, 15) is 4.79 Å². The normalized spacial score (nSPS) is 10.9. The first kappa shape index (κ1) is 20.4. The van der Waals surface area contributed by atoms with E-state index in [0.29, 0.717) is 41.1 Å². The zero-order valence-electron chi connectivity index (χ0n) is 15.5. The van der Waals surface area contributed by atoms with Gasteiger partial charge in [-0.2, -0.15) is 0 Å². The number of nitrogens with zero attached hydrogens (tertiary/aromatic N) is 1. The van der Waals surface area contributed by atoms with Crippen molar-refractivity contribution in [2.45, 2.75) is 0 Å². The van der Waals surface area contributed by atoms with Crippen molar-refractivity contribution < 1.29 is 14.3 Å². The highest BCUT2D eigenvalue weighted by Gasteiger charge is 2.09. The monoisotopic (exact) mass is 390 g/mol. The number of ether oxygens (including phenoxy) is 2. The molecule has 0 radical (unpaired) electrons. The zero-order chi connectivity index (χ0) is 19.6. The number of carbonyl (C=O) groups is 1. The second kappa shape index (κ2) is 10.3. The predicted molar refractivity (Wildman–Crippen MR) is 108 cm³/mol. The van der Waals surface area contributed by atoms with Gasteiger partial charge in [-0.15, -0.1) is 0 Å². The minimum atomic E-state index is -0.217. The summed E-state index contributed by atoms with van der Waals surface area (Å²) >= 11 is 6.02. The van der Waals surface area contributed by atoms with Gasteiger partial charge < -0.3 is 25.4 Å². The summed E-state index contributed by atoms with van der Waals surface area (Å²) in [5, 5.41) is 9.51. The number of amides is 1. The summed E-state index contributed by atoms with van der Waals surface area (Å²) in [5.41, 5.74) is 1.24. The number of benzene rings is 2. The van der Waals surface area contributed by atoms with E-state index < -0.39 is 0 Å². The van der Waals surface area contributed by atoms with E-state index in [1.165, 1.54) is 0 Å². The predicted octanol–water partition coefficient (Wildman–Crippen LogP) is 2.77. The van der Waals surface area contributed by atoms with Crippen LogP contribution in [0.25, 0.3) is 0 Å². The zero-order valence-corrected chi connectivity index (χ0v) is 16.3. The first-order valence-electron chi connectivity index (χ1n) is 8.31. The third kappa shape index (κ3) is 5.79. The summed E-state index contributed by atoms with van der Waals surface area (Å²) < 4.78 is 10.5. The van der Waals surface area contributed by atoms with Gasteiger partial charge in [0.05, 0.1) is 24.8 Å². The van der Waals surface area contributed by atoms with E-state index in [0.717, 1.165) is 5.69 Å². The van der Waals surface area contributed by atoms with Crippen molar-refractivity contribution in [2.75, 3.05) is 39.7 Å². The number of hydrogen-bond acceptors (Lipinski definition) is 4. The molecule has 0 aliphatic heterocycles. The molecular weight excluding hydrogens is 368 g/mol. The van der Waals surface area contributed by atoms with Crippen molar-refractivity contribution in [1.82, 2.24) is 10.6 Å². The molecule has 27 heavy (non-hydrogen) atoms. The van der Waals surface area contributed by atoms with Crippen LogP contribution in [0.1, 0.15) is 10.4 Å². The standard InChI is InChI=1S/C19H23ClN4O3/c1-21-19(24-13-8-9-16(26-2)17(12-13)27-3)23-11-10-22-18(25)14-6-4-5-7-15(14)20/h4-9,12H,10-11H2,1-3H3,(H,22,25)(H2,21,23,24). The lowest BCUT2D eigenvalue weighted by Gasteiger charge is -2.14. The third-order valence-electron chi connectivity index (χ3n) is 3.69. The van der Waals surface area contributed by atoms with E-state index >= 15 is 0 Å². The molecule has 3 N–H and O–H groups in total. The van der Waals surface area contributed by atoms with Crippen LogP contribution in [-0.2, 0) is 0 Å². The van der Waals surface area contributed by atoms with Gasteiger partial charge in [0.25, 0.3) is 5.91 Å². The number of hydrogen-bond donors (Lipinski definition) is 3. The Morgan fingerprint density at radius 3 is 2.41 bits per heavy atom. The van der Waals surface area contributed by atoms with Crippen molar-refractivity contribution in [3.63, 3.8) is 0 Å².